The van der Waals surface area contributed by atoms with Gasteiger partial charge in [-0.1, -0.05) is 24.3 Å². The third-order valence-corrected chi connectivity index (χ3v) is 2.88. The molecule has 2 aromatic carbocycles. The van der Waals surface area contributed by atoms with E-state index in [4.69, 9.17) is 5.26 Å². The third-order valence-electron chi connectivity index (χ3n) is 2.28. The molecule has 0 aliphatic carbocycles. The van der Waals surface area contributed by atoms with Crippen LogP contribution in [0.15, 0.2) is 58.4 Å². The first-order chi connectivity index (χ1) is 8.79. The lowest BCUT2D eigenvalue weighted by molar-refractivity contribution is 0.477. The zero-order valence-corrected chi connectivity index (χ0v) is 10.3. The molecule has 0 bridgehead atoms. The number of aliphatic imine (C=N–C) groups is 1. The number of nitriles is 1. The molecule has 0 saturated carbocycles. The summed E-state index contributed by atoms with van der Waals surface area (Å²) in [6.45, 7) is 0. The van der Waals surface area contributed by atoms with Gasteiger partial charge in [0.1, 0.15) is 16.8 Å². The normalized spacial score (nSPS) is 10.4. The monoisotopic (exact) mass is 254 g/mol. The van der Waals surface area contributed by atoms with E-state index in [1.54, 1.807) is 24.4 Å². The van der Waals surface area contributed by atoms with E-state index in [-0.39, 0.29) is 5.75 Å². The zero-order chi connectivity index (χ0) is 12.8. The highest BCUT2D eigenvalue weighted by molar-refractivity contribution is 8.03. The van der Waals surface area contributed by atoms with Gasteiger partial charge in [-0.05, 0) is 41.6 Å². The van der Waals surface area contributed by atoms with Crippen LogP contribution >= 0.6 is 11.8 Å². The zero-order valence-electron chi connectivity index (χ0n) is 9.45. The average Bonchev–Trinajstić information content (AvgIpc) is 2.40. The Kier molecular flexibility index (Phi) is 4.00. The van der Waals surface area contributed by atoms with E-state index in [1.807, 2.05) is 35.7 Å². The van der Waals surface area contributed by atoms with Gasteiger partial charge in [-0.15, -0.1) is 0 Å². The van der Waals surface area contributed by atoms with E-state index in [0.29, 0.717) is 5.69 Å². The Morgan fingerprint density at radius 3 is 2.50 bits per heavy atom. The number of rotatable bonds is 3. The molecule has 0 atom stereocenters. The summed E-state index contributed by atoms with van der Waals surface area (Å²) in [4.78, 5) is 5.11. The molecule has 0 aromatic heterocycles. The maximum Gasteiger partial charge on any atom is 0.141 e. The number of nitrogens with zero attached hydrogens (tertiary/aromatic N) is 2. The predicted octanol–water partition coefficient (Wildman–Crippen LogP) is 3.72. The molecule has 0 radical (unpaired) electrons. The third kappa shape index (κ3) is 3.12. The van der Waals surface area contributed by atoms with Gasteiger partial charge in [0.2, 0.25) is 0 Å². The smallest absolute Gasteiger partial charge is 0.141 e. The van der Waals surface area contributed by atoms with Crippen LogP contribution in [0.1, 0.15) is 5.56 Å². The van der Waals surface area contributed by atoms with E-state index < -0.39 is 0 Å². The minimum absolute atomic E-state index is 0.158. The lowest BCUT2D eigenvalue weighted by atomic mass is 10.2. The van der Waals surface area contributed by atoms with E-state index in [0.717, 1.165) is 22.2 Å². The topological polar surface area (TPSA) is 56.4 Å². The van der Waals surface area contributed by atoms with Crippen LogP contribution in [0.5, 0.6) is 5.75 Å². The molecule has 0 aliphatic rings. The summed E-state index contributed by atoms with van der Waals surface area (Å²) in [5.41, 5.74) is 1.45. The van der Waals surface area contributed by atoms with Crippen molar-refractivity contribution in [3.05, 3.63) is 54.1 Å². The molecule has 0 spiro atoms. The van der Waals surface area contributed by atoms with Gasteiger partial charge < -0.3 is 5.11 Å². The van der Waals surface area contributed by atoms with E-state index in [9.17, 15) is 5.11 Å². The predicted molar refractivity (Wildman–Crippen MR) is 73.3 cm³/mol. The molecule has 88 valence electrons. The molecule has 1 N–H and O–H groups in total. The Hall–Kier alpha value is -2.25. The van der Waals surface area contributed by atoms with Crippen molar-refractivity contribution in [2.24, 2.45) is 4.99 Å². The summed E-state index contributed by atoms with van der Waals surface area (Å²) in [5, 5.41) is 20.1. The molecule has 0 unspecified atom stereocenters. The second-order valence-corrected chi connectivity index (χ2v) is 4.37. The number of hydrogen-bond acceptors (Lipinski definition) is 4. The Morgan fingerprint density at radius 2 is 1.83 bits per heavy atom. The fourth-order valence-corrected chi connectivity index (χ4v) is 1.77. The quantitative estimate of drug-likeness (QED) is 0.516. The number of aromatic hydroxyl groups is 1. The van der Waals surface area contributed by atoms with Crippen LogP contribution in [0.2, 0.25) is 0 Å². The minimum atomic E-state index is 0.158. The Balaban J connectivity index is 2.15. The van der Waals surface area contributed by atoms with Gasteiger partial charge >= 0.3 is 0 Å². The molecule has 0 aliphatic heterocycles. The molecule has 0 amide bonds. The summed E-state index contributed by atoms with van der Waals surface area (Å²) < 4.78 is 0. The van der Waals surface area contributed by atoms with Crippen molar-refractivity contribution in [1.29, 1.82) is 5.26 Å². The van der Waals surface area contributed by atoms with Crippen molar-refractivity contribution in [3.8, 4) is 11.2 Å². The second kappa shape index (κ2) is 5.89. The van der Waals surface area contributed by atoms with Gasteiger partial charge in [0.05, 0.1) is 0 Å². The maximum absolute atomic E-state index is 9.55. The Morgan fingerprint density at radius 1 is 1.11 bits per heavy atom. The highest BCUT2D eigenvalue weighted by atomic mass is 32.2. The molecular formula is C14H10N2OS. The fraction of sp³-hybridized carbons (Fsp3) is 0. The van der Waals surface area contributed by atoms with Crippen LogP contribution in [0.4, 0.5) is 5.69 Å². The molecule has 2 rings (SSSR count). The van der Waals surface area contributed by atoms with Crippen molar-refractivity contribution < 1.29 is 5.11 Å². The number of benzene rings is 2. The first-order valence-corrected chi connectivity index (χ1v) is 6.09. The summed E-state index contributed by atoms with van der Waals surface area (Å²) in [5.74, 6) is 0.158. The molecule has 4 heteroatoms. The number of phenols is 1. The number of thiocyanates is 1. The summed E-state index contributed by atoms with van der Waals surface area (Å²) >= 11 is 1.12. The van der Waals surface area contributed by atoms with Crippen molar-refractivity contribution >= 4 is 23.7 Å². The van der Waals surface area contributed by atoms with Crippen LogP contribution in [0.3, 0.4) is 0 Å². The molecule has 2 aromatic rings. The van der Waals surface area contributed by atoms with E-state index in [1.165, 1.54) is 0 Å². The standard InChI is InChI=1S/C14H10N2OS/c15-10-18-12-7-5-11(6-8-12)9-16-13-3-1-2-4-14(13)17/h1-9,17H. The SMILES string of the molecule is N#CSc1ccc(C=Nc2ccccc2O)cc1. The second-order valence-electron chi connectivity index (χ2n) is 3.51. The number of hydrogen-bond donors (Lipinski definition) is 1. The van der Waals surface area contributed by atoms with E-state index >= 15 is 0 Å². The highest BCUT2D eigenvalue weighted by Gasteiger charge is 1.96. The van der Waals surface area contributed by atoms with Crippen molar-refractivity contribution in [2.45, 2.75) is 4.90 Å². The van der Waals surface area contributed by atoms with Gasteiger partial charge in [0, 0.05) is 11.1 Å². The van der Waals surface area contributed by atoms with Crippen molar-refractivity contribution in [3.63, 3.8) is 0 Å². The fourth-order valence-electron chi connectivity index (χ4n) is 1.39. The number of para-hydroxylation sites is 2. The lowest BCUT2D eigenvalue weighted by Crippen LogP contribution is -1.80. The van der Waals surface area contributed by atoms with Crippen molar-refractivity contribution in [1.82, 2.24) is 0 Å². The molecule has 18 heavy (non-hydrogen) atoms. The van der Waals surface area contributed by atoms with E-state index in [2.05, 4.69) is 4.99 Å². The molecule has 0 heterocycles. The molecular weight excluding hydrogens is 244 g/mol. The highest BCUT2D eigenvalue weighted by Crippen LogP contribution is 2.24. The Labute approximate surface area is 109 Å². The minimum Gasteiger partial charge on any atom is -0.506 e. The largest absolute Gasteiger partial charge is 0.506 e. The van der Waals surface area contributed by atoms with Crippen LogP contribution in [-0.4, -0.2) is 11.3 Å². The summed E-state index contributed by atoms with van der Waals surface area (Å²) in [6, 6.07) is 14.4. The summed E-state index contributed by atoms with van der Waals surface area (Å²) in [7, 11) is 0. The van der Waals surface area contributed by atoms with Gasteiger partial charge in [-0.25, -0.2) is 0 Å². The van der Waals surface area contributed by atoms with Gasteiger partial charge in [0.25, 0.3) is 0 Å². The number of phenolic OH excluding ortho intramolecular Hbond substituents is 1. The molecule has 3 nitrogen and oxygen atoms in total. The summed E-state index contributed by atoms with van der Waals surface area (Å²) in [6.07, 6.45) is 1.68. The van der Waals surface area contributed by atoms with Gasteiger partial charge in [0.15, 0.2) is 0 Å². The van der Waals surface area contributed by atoms with Gasteiger partial charge in [-0.2, -0.15) is 5.26 Å². The van der Waals surface area contributed by atoms with Crippen LogP contribution in [-0.2, 0) is 0 Å². The van der Waals surface area contributed by atoms with Gasteiger partial charge in [-0.3, -0.25) is 4.99 Å². The first-order valence-electron chi connectivity index (χ1n) is 5.27. The number of thioether (sulfide) groups is 1. The van der Waals surface area contributed by atoms with Crippen molar-refractivity contribution in [2.75, 3.05) is 0 Å². The van der Waals surface area contributed by atoms with Crippen LogP contribution < -0.4 is 0 Å². The molecule has 0 saturated heterocycles. The lowest BCUT2D eigenvalue weighted by Gasteiger charge is -1.98. The first kappa shape index (κ1) is 12.2. The Bertz CT molecular complexity index is 600. The average molecular weight is 254 g/mol. The molecule has 0 fully saturated rings. The maximum atomic E-state index is 9.55. The van der Waals surface area contributed by atoms with Crippen LogP contribution in [0.25, 0.3) is 0 Å². The van der Waals surface area contributed by atoms with Crippen LogP contribution in [0, 0.1) is 10.7 Å².